The smallest absolute Gasteiger partial charge is 0.252 e. The number of carbonyl (C=O) groups excluding carboxylic acids is 1. The number of methoxy groups -OCH3 is 1. The molecule has 0 aliphatic carbocycles. The minimum Gasteiger partial charge on any atom is -0.495 e. The number of H-pyrrole nitrogens is 1. The van der Waals surface area contributed by atoms with E-state index in [1.165, 1.54) is 7.11 Å². The average Bonchev–Trinajstić information content (AvgIpc) is 2.96. The van der Waals surface area contributed by atoms with Crippen molar-refractivity contribution in [2.75, 3.05) is 7.11 Å². The Morgan fingerprint density at radius 1 is 1.18 bits per heavy atom. The second kappa shape index (κ2) is 5.73. The number of hydrogen-bond donors (Lipinski definition) is 2. The lowest BCUT2D eigenvalue weighted by molar-refractivity contribution is 0.0997. The predicted molar refractivity (Wildman–Crippen MR) is 86.5 cm³/mol. The van der Waals surface area contributed by atoms with Gasteiger partial charge in [0.15, 0.2) is 0 Å². The molecule has 0 spiro atoms. The van der Waals surface area contributed by atoms with Crippen molar-refractivity contribution in [2.24, 2.45) is 5.73 Å². The maximum atomic E-state index is 11.5. The first kappa shape index (κ1) is 13.9. The van der Waals surface area contributed by atoms with Gasteiger partial charge in [0.1, 0.15) is 5.75 Å². The molecule has 0 aliphatic heterocycles. The fourth-order valence-corrected chi connectivity index (χ4v) is 2.37. The summed E-state index contributed by atoms with van der Waals surface area (Å²) in [6.45, 7) is 0. The molecule has 3 rings (SSSR count). The number of nitrogens with two attached hydrogens (primary N) is 1. The van der Waals surface area contributed by atoms with Gasteiger partial charge in [0.05, 0.1) is 29.3 Å². The highest BCUT2D eigenvalue weighted by Gasteiger charge is 2.16. The highest BCUT2D eigenvalue weighted by atomic mass is 16.5. The normalized spacial score (nSPS) is 11.1. The predicted octanol–water partition coefficient (Wildman–Crippen LogP) is 2.84. The maximum absolute atomic E-state index is 11.5. The zero-order valence-electron chi connectivity index (χ0n) is 12.0. The number of aromatic amines is 1. The van der Waals surface area contributed by atoms with Gasteiger partial charge in [-0.15, -0.1) is 0 Å². The minimum absolute atomic E-state index is 0.339. The van der Waals surface area contributed by atoms with Gasteiger partial charge in [-0.2, -0.15) is 5.10 Å². The van der Waals surface area contributed by atoms with E-state index in [4.69, 9.17) is 10.5 Å². The van der Waals surface area contributed by atoms with Crippen molar-refractivity contribution in [3.8, 4) is 5.75 Å². The highest BCUT2D eigenvalue weighted by molar-refractivity contribution is 6.04. The van der Waals surface area contributed by atoms with E-state index in [1.807, 2.05) is 42.5 Å². The summed E-state index contributed by atoms with van der Waals surface area (Å²) in [7, 11) is 1.51. The molecule has 2 aromatic carbocycles. The van der Waals surface area contributed by atoms with Crippen molar-refractivity contribution in [1.82, 2.24) is 10.2 Å². The van der Waals surface area contributed by atoms with E-state index < -0.39 is 5.91 Å². The number of nitrogens with one attached hydrogen (secondary N) is 1. The molecule has 1 aromatic heterocycles. The number of carbonyl (C=O) groups is 1. The third kappa shape index (κ3) is 2.44. The van der Waals surface area contributed by atoms with Crippen LogP contribution in [0.25, 0.3) is 23.1 Å². The average molecular weight is 293 g/mol. The van der Waals surface area contributed by atoms with Crippen molar-refractivity contribution in [3.63, 3.8) is 0 Å². The highest BCUT2D eigenvalue weighted by Crippen LogP contribution is 2.31. The van der Waals surface area contributed by atoms with Crippen LogP contribution in [0.2, 0.25) is 0 Å². The molecule has 1 heterocycles. The summed E-state index contributed by atoms with van der Waals surface area (Å²) in [6, 6.07) is 13.3. The fourth-order valence-electron chi connectivity index (χ4n) is 2.37. The van der Waals surface area contributed by atoms with Crippen LogP contribution in [0.4, 0.5) is 0 Å². The van der Waals surface area contributed by atoms with E-state index in [9.17, 15) is 4.79 Å². The SMILES string of the molecule is COc1c(C(N)=O)ccc2[nH]nc(C=Cc3ccccc3)c12. The Hall–Kier alpha value is -3.08. The van der Waals surface area contributed by atoms with Crippen LogP contribution in [-0.2, 0) is 0 Å². The number of amides is 1. The number of fused-ring (bicyclic) bond motifs is 1. The molecule has 110 valence electrons. The monoisotopic (exact) mass is 293 g/mol. The van der Waals surface area contributed by atoms with Crippen LogP contribution in [0, 0.1) is 0 Å². The Kier molecular flexibility index (Phi) is 3.62. The summed E-state index contributed by atoms with van der Waals surface area (Å²) < 4.78 is 5.38. The molecule has 0 aliphatic rings. The Balaban J connectivity index is 2.12. The van der Waals surface area contributed by atoms with Gasteiger partial charge < -0.3 is 10.5 Å². The van der Waals surface area contributed by atoms with Crippen molar-refractivity contribution < 1.29 is 9.53 Å². The molecule has 22 heavy (non-hydrogen) atoms. The number of benzene rings is 2. The van der Waals surface area contributed by atoms with Crippen LogP contribution in [0.5, 0.6) is 5.75 Å². The largest absolute Gasteiger partial charge is 0.495 e. The van der Waals surface area contributed by atoms with E-state index in [-0.39, 0.29) is 0 Å². The molecular weight excluding hydrogens is 278 g/mol. The summed E-state index contributed by atoms with van der Waals surface area (Å²) in [4.78, 5) is 11.5. The summed E-state index contributed by atoms with van der Waals surface area (Å²) >= 11 is 0. The first-order chi connectivity index (χ1) is 10.7. The second-order valence-electron chi connectivity index (χ2n) is 4.79. The molecule has 1 amide bonds. The van der Waals surface area contributed by atoms with Crippen molar-refractivity contribution in [2.45, 2.75) is 0 Å². The van der Waals surface area contributed by atoms with E-state index in [2.05, 4.69) is 10.2 Å². The minimum atomic E-state index is -0.530. The molecule has 0 bridgehead atoms. The number of primary amides is 1. The van der Waals surface area contributed by atoms with Gasteiger partial charge >= 0.3 is 0 Å². The van der Waals surface area contributed by atoms with Gasteiger partial charge in [0.25, 0.3) is 5.91 Å². The maximum Gasteiger partial charge on any atom is 0.252 e. The molecule has 0 saturated carbocycles. The first-order valence-electron chi connectivity index (χ1n) is 6.78. The number of rotatable bonds is 4. The molecule has 0 saturated heterocycles. The Labute approximate surface area is 127 Å². The van der Waals surface area contributed by atoms with Gasteiger partial charge in [-0.25, -0.2) is 0 Å². The molecule has 5 nitrogen and oxygen atoms in total. The summed E-state index contributed by atoms with van der Waals surface area (Å²) in [6.07, 6.45) is 3.83. The van der Waals surface area contributed by atoms with Gasteiger partial charge in [0.2, 0.25) is 0 Å². The standard InChI is InChI=1S/C17H15N3O2/c1-22-16-12(17(18)21)8-10-14-15(16)13(19-20-14)9-7-11-5-3-2-4-6-11/h2-10H,1H3,(H2,18,21)(H,19,20). The molecule has 0 fully saturated rings. The number of nitrogens with zero attached hydrogens (tertiary/aromatic N) is 1. The molecule has 3 aromatic rings. The molecule has 5 heteroatoms. The van der Waals surface area contributed by atoms with Gasteiger partial charge in [0, 0.05) is 0 Å². The van der Waals surface area contributed by atoms with Crippen LogP contribution in [0.3, 0.4) is 0 Å². The van der Waals surface area contributed by atoms with Crippen LogP contribution >= 0.6 is 0 Å². The summed E-state index contributed by atoms with van der Waals surface area (Å²) in [5, 5.41) is 7.95. The Morgan fingerprint density at radius 3 is 2.64 bits per heavy atom. The lowest BCUT2D eigenvalue weighted by atomic mass is 10.1. The van der Waals surface area contributed by atoms with Crippen molar-refractivity contribution in [1.29, 1.82) is 0 Å². The first-order valence-corrected chi connectivity index (χ1v) is 6.78. The molecular formula is C17H15N3O2. The van der Waals surface area contributed by atoms with E-state index >= 15 is 0 Å². The fraction of sp³-hybridized carbons (Fsp3) is 0.0588. The topological polar surface area (TPSA) is 81.0 Å². The quantitative estimate of drug-likeness (QED) is 0.776. The lowest BCUT2D eigenvalue weighted by Crippen LogP contribution is -2.12. The Bertz CT molecular complexity index is 851. The van der Waals surface area contributed by atoms with Crippen LogP contribution < -0.4 is 10.5 Å². The lowest BCUT2D eigenvalue weighted by Gasteiger charge is -2.07. The number of ether oxygens (including phenoxy) is 1. The third-order valence-corrected chi connectivity index (χ3v) is 3.41. The van der Waals surface area contributed by atoms with Gasteiger partial charge in [-0.3, -0.25) is 9.89 Å². The van der Waals surface area contributed by atoms with Crippen LogP contribution in [-0.4, -0.2) is 23.2 Å². The third-order valence-electron chi connectivity index (χ3n) is 3.41. The molecule has 3 N–H and O–H groups in total. The van der Waals surface area contributed by atoms with E-state index in [0.717, 1.165) is 16.5 Å². The molecule has 0 unspecified atom stereocenters. The Morgan fingerprint density at radius 2 is 1.95 bits per heavy atom. The van der Waals surface area contributed by atoms with E-state index in [1.54, 1.807) is 12.1 Å². The number of aromatic nitrogens is 2. The zero-order chi connectivity index (χ0) is 15.5. The number of hydrogen-bond acceptors (Lipinski definition) is 3. The van der Waals surface area contributed by atoms with Crippen LogP contribution in [0.15, 0.2) is 42.5 Å². The van der Waals surface area contributed by atoms with Crippen molar-refractivity contribution in [3.05, 3.63) is 59.3 Å². The second-order valence-corrected chi connectivity index (χ2v) is 4.79. The summed E-state index contributed by atoms with van der Waals surface area (Å²) in [5.41, 5.74) is 8.28. The molecule has 0 atom stereocenters. The van der Waals surface area contributed by atoms with Gasteiger partial charge in [-0.05, 0) is 23.8 Å². The molecule has 0 radical (unpaired) electrons. The van der Waals surface area contributed by atoms with E-state index in [0.29, 0.717) is 17.0 Å². The van der Waals surface area contributed by atoms with Crippen LogP contribution in [0.1, 0.15) is 21.6 Å². The van der Waals surface area contributed by atoms with Gasteiger partial charge in [-0.1, -0.05) is 36.4 Å². The van der Waals surface area contributed by atoms with Crippen molar-refractivity contribution >= 4 is 29.0 Å². The summed E-state index contributed by atoms with van der Waals surface area (Å²) in [5.74, 6) is -0.0931. The zero-order valence-corrected chi connectivity index (χ0v) is 12.0.